The van der Waals surface area contributed by atoms with E-state index in [0.29, 0.717) is 31.3 Å². The fourth-order valence-corrected chi connectivity index (χ4v) is 5.32. The van der Waals surface area contributed by atoms with Crippen LogP contribution in [0.1, 0.15) is 28.9 Å². The number of H-pyrrole nitrogens is 1. The second-order valence-corrected chi connectivity index (χ2v) is 10.7. The summed E-state index contributed by atoms with van der Waals surface area (Å²) in [6.45, 7) is 2.83. The number of fused-ring (bicyclic) bond motifs is 1. The summed E-state index contributed by atoms with van der Waals surface area (Å²) in [4.78, 5) is 40.0. The van der Waals surface area contributed by atoms with Gasteiger partial charge in [-0.05, 0) is 51.1 Å². The highest BCUT2D eigenvalue weighted by atomic mass is 32.2. The Labute approximate surface area is 213 Å². The summed E-state index contributed by atoms with van der Waals surface area (Å²) in [5.74, 6) is -0.999. The van der Waals surface area contributed by atoms with Crippen LogP contribution in [0.2, 0.25) is 0 Å². The van der Waals surface area contributed by atoms with E-state index in [1.807, 2.05) is 6.92 Å². The number of non-ortho nitro benzene ring substituents is 1. The number of benzene rings is 2. The maximum atomic E-state index is 13.2. The van der Waals surface area contributed by atoms with Crippen molar-refractivity contribution in [2.45, 2.75) is 30.2 Å². The van der Waals surface area contributed by atoms with E-state index < -0.39 is 32.3 Å². The molecule has 2 aromatic carbocycles. The monoisotopic (exact) mass is 528 g/mol. The first-order chi connectivity index (χ1) is 17.6. The van der Waals surface area contributed by atoms with Gasteiger partial charge in [0.1, 0.15) is 16.7 Å². The van der Waals surface area contributed by atoms with Crippen molar-refractivity contribution in [2.75, 3.05) is 26.2 Å². The number of carbonyl (C=O) groups is 2. The molecule has 1 saturated heterocycles. The number of piperidine rings is 1. The molecule has 12 nitrogen and oxygen atoms in total. The van der Waals surface area contributed by atoms with Crippen LogP contribution in [0.3, 0.4) is 0 Å². The number of rotatable bonds is 9. The van der Waals surface area contributed by atoms with Gasteiger partial charge in [0.25, 0.3) is 11.6 Å². The molecule has 0 radical (unpaired) electrons. The maximum Gasteiger partial charge on any atom is 0.293 e. The summed E-state index contributed by atoms with van der Waals surface area (Å²) in [6, 6.07) is 12.4. The van der Waals surface area contributed by atoms with E-state index in [1.54, 1.807) is 18.2 Å². The van der Waals surface area contributed by atoms with Gasteiger partial charge >= 0.3 is 0 Å². The molecule has 0 aliphatic carbocycles. The zero-order valence-electron chi connectivity index (χ0n) is 20.2. The fraction of sp³-hybridized carbons (Fsp3) is 0.333. The molecule has 1 aliphatic heterocycles. The predicted octanol–water partition coefficient (Wildman–Crippen LogP) is 1.33. The Hall–Kier alpha value is -3.81. The first-order valence-electron chi connectivity index (χ1n) is 11.8. The Bertz CT molecular complexity index is 1430. The first-order valence-corrected chi connectivity index (χ1v) is 13.2. The molecule has 1 aromatic heterocycles. The van der Waals surface area contributed by atoms with Crippen molar-refractivity contribution >= 4 is 38.4 Å². The lowest BCUT2D eigenvalue weighted by Gasteiger charge is -2.36. The largest absolute Gasteiger partial charge is 0.353 e. The smallest absolute Gasteiger partial charge is 0.293 e. The molecule has 1 aliphatic rings. The number of nitrogens with zero attached hydrogens (tertiary/aromatic N) is 1. The molecule has 0 spiro atoms. The van der Waals surface area contributed by atoms with E-state index in [-0.39, 0.29) is 34.9 Å². The molecule has 4 rings (SSSR count). The number of nitro benzene ring substituents is 1. The normalized spacial score (nSPS) is 15.3. The molecule has 0 unspecified atom stereocenters. The van der Waals surface area contributed by atoms with Gasteiger partial charge in [-0.2, -0.15) is 0 Å². The van der Waals surface area contributed by atoms with E-state index in [9.17, 15) is 28.1 Å². The van der Waals surface area contributed by atoms with E-state index >= 15 is 0 Å². The van der Waals surface area contributed by atoms with Gasteiger partial charge in [0.05, 0.1) is 9.82 Å². The number of carbonyl (C=O) groups excluding carboxylic acids is 2. The zero-order valence-corrected chi connectivity index (χ0v) is 21.0. The summed E-state index contributed by atoms with van der Waals surface area (Å²) < 4.78 is 27.4. The van der Waals surface area contributed by atoms with Crippen molar-refractivity contribution in [3.8, 4) is 0 Å². The van der Waals surface area contributed by atoms with Gasteiger partial charge in [0.2, 0.25) is 15.9 Å². The van der Waals surface area contributed by atoms with Crippen LogP contribution in [0, 0.1) is 17.0 Å². The fourth-order valence-electron chi connectivity index (χ4n) is 4.29. The molecule has 0 bridgehead atoms. The molecule has 13 heteroatoms. The van der Waals surface area contributed by atoms with Crippen molar-refractivity contribution < 1.29 is 22.9 Å². The number of nitro groups is 1. The van der Waals surface area contributed by atoms with Crippen LogP contribution in [-0.4, -0.2) is 61.9 Å². The number of aromatic nitrogens is 1. The summed E-state index contributed by atoms with van der Waals surface area (Å²) >= 11 is 0. The standard InChI is InChI=1S/C24H28N6O6S/c1-16-5-7-18(8-6-16)37(35,36)27-14-13-26-23(32)24(9-11-25-12-10-24)29-22(31)19-15-17-3-2-4-20(30(33)34)21(17)28-19/h2-8,15,25,27-28H,9-14H2,1H3,(H,26,32)(H,29,31). The third-order valence-corrected chi connectivity index (χ3v) is 7.83. The van der Waals surface area contributed by atoms with Crippen molar-refractivity contribution in [3.05, 3.63) is 69.9 Å². The van der Waals surface area contributed by atoms with E-state index in [4.69, 9.17) is 0 Å². The lowest BCUT2D eigenvalue weighted by atomic mass is 9.87. The summed E-state index contributed by atoms with van der Waals surface area (Å²) in [7, 11) is -3.73. The third kappa shape index (κ3) is 5.79. The number of sulfonamides is 1. The van der Waals surface area contributed by atoms with Crippen LogP contribution in [-0.2, 0) is 14.8 Å². The van der Waals surface area contributed by atoms with E-state index in [2.05, 4.69) is 25.7 Å². The minimum Gasteiger partial charge on any atom is -0.353 e. The molecular formula is C24H28N6O6S. The molecule has 196 valence electrons. The van der Waals surface area contributed by atoms with Crippen molar-refractivity contribution in [2.24, 2.45) is 0 Å². The summed E-state index contributed by atoms with van der Waals surface area (Å²) in [6.07, 6.45) is 0.639. The van der Waals surface area contributed by atoms with Crippen LogP contribution in [0.5, 0.6) is 0 Å². The Morgan fingerprint density at radius 3 is 2.46 bits per heavy atom. The van der Waals surface area contributed by atoms with Crippen LogP contribution in [0.4, 0.5) is 5.69 Å². The molecule has 0 atom stereocenters. The van der Waals surface area contributed by atoms with Crippen LogP contribution >= 0.6 is 0 Å². The Morgan fingerprint density at radius 1 is 1.08 bits per heavy atom. The Balaban J connectivity index is 1.42. The number of para-hydroxylation sites is 1. The SMILES string of the molecule is Cc1ccc(S(=O)(=O)NCCNC(=O)C2(NC(=O)c3cc4cccc([N+](=O)[O-])c4[nH]3)CCNCC2)cc1. The highest BCUT2D eigenvalue weighted by Crippen LogP contribution is 2.26. The van der Waals surface area contributed by atoms with Gasteiger partial charge in [-0.3, -0.25) is 19.7 Å². The Kier molecular flexibility index (Phi) is 7.57. The zero-order chi connectivity index (χ0) is 26.6. The number of aromatic amines is 1. The van der Waals surface area contributed by atoms with Crippen molar-refractivity contribution in [1.29, 1.82) is 0 Å². The van der Waals surface area contributed by atoms with Gasteiger partial charge in [0.15, 0.2) is 0 Å². The molecule has 2 amide bonds. The van der Waals surface area contributed by atoms with Crippen LogP contribution < -0.4 is 20.7 Å². The molecule has 2 heterocycles. The molecular weight excluding hydrogens is 500 g/mol. The van der Waals surface area contributed by atoms with Crippen LogP contribution in [0.25, 0.3) is 10.9 Å². The van der Waals surface area contributed by atoms with Crippen LogP contribution in [0.15, 0.2) is 53.4 Å². The molecule has 5 N–H and O–H groups in total. The number of hydrogen-bond donors (Lipinski definition) is 5. The summed E-state index contributed by atoms with van der Waals surface area (Å²) in [5, 5.41) is 20.5. The van der Waals surface area contributed by atoms with Crippen molar-refractivity contribution in [1.82, 2.24) is 25.7 Å². The third-order valence-electron chi connectivity index (χ3n) is 6.35. The Morgan fingerprint density at radius 2 is 1.78 bits per heavy atom. The minimum absolute atomic E-state index is 0.0214. The molecule has 0 saturated carbocycles. The average Bonchev–Trinajstić information content (AvgIpc) is 3.32. The lowest BCUT2D eigenvalue weighted by molar-refractivity contribution is -0.383. The predicted molar refractivity (Wildman–Crippen MR) is 137 cm³/mol. The van der Waals surface area contributed by atoms with Gasteiger partial charge in [-0.1, -0.05) is 29.8 Å². The average molecular weight is 529 g/mol. The van der Waals surface area contributed by atoms with Crippen molar-refractivity contribution in [3.63, 3.8) is 0 Å². The van der Waals surface area contributed by atoms with Gasteiger partial charge in [-0.15, -0.1) is 0 Å². The molecule has 3 aromatic rings. The van der Waals surface area contributed by atoms with E-state index in [0.717, 1.165) is 5.56 Å². The van der Waals surface area contributed by atoms with Gasteiger partial charge in [0, 0.05) is 24.5 Å². The van der Waals surface area contributed by atoms with Gasteiger partial charge in [-0.25, -0.2) is 13.1 Å². The summed E-state index contributed by atoms with van der Waals surface area (Å²) in [5.41, 5.74) is -0.116. The quantitative estimate of drug-likeness (QED) is 0.158. The second-order valence-electron chi connectivity index (χ2n) is 8.93. The number of hydrogen-bond acceptors (Lipinski definition) is 7. The number of nitrogens with one attached hydrogen (secondary N) is 5. The topological polar surface area (TPSA) is 175 Å². The van der Waals surface area contributed by atoms with E-state index in [1.165, 1.54) is 30.3 Å². The molecule has 1 fully saturated rings. The highest BCUT2D eigenvalue weighted by Gasteiger charge is 2.41. The maximum absolute atomic E-state index is 13.2. The van der Waals surface area contributed by atoms with Gasteiger partial charge < -0.3 is 20.9 Å². The lowest BCUT2D eigenvalue weighted by Crippen LogP contribution is -2.63. The minimum atomic E-state index is -3.73. The first kappa shape index (κ1) is 26.3. The number of amides is 2. The highest BCUT2D eigenvalue weighted by molar-refractivity contribution is 7.89. The second kappa shape index (κ2) is 10.7. The number of aryl methyl sites for hydroxylation is 1. The molecule has 37 heavy (non-hydrogen) atoms.